The Bertz CT molecular complexity index is 461. The zero-order chi connectivity index (χ0) is 13.8. The molecule has 0 aromatic heterocycles. The maximum Gasteiger partial charge on any atom is 0.326 e. The van der Waals surface area contributed by atoms with Crippen LogP contribution in [-0.2, 0) is 9.59 Å². The zero-order valence-electron chi connectivity index (χ0n) is 10.2. The van der Waals surface area contributed by atoms with Crippen LogP contribution in [-0.4, -0.2) is 52.3 Å². The van der Waals surface area contributed by atoms with E-state index in [0.29, 0.717) is 5.75 Å². The predicted octanol–water partition coefficient (Wildman–Crippen LogP) is 0.112. The van der Waals surface area contributed by atoms with Gasteiger partial charge < -0.3 is 19.8 Å². The van der Waals surface area contributed by atoms with Crippen LogP contribution in [0.5, 0.6) is 5.75 Å². The molecule has 1 aliphatic heterocycles. The molecule has 1 heterocycles. The monoisotopic (exact) mass is 265 g/mol. The van der Waals surface area contributed by atoms with Crippen molar-refractivity contribution in [2.45, 2.75) is 18.6 Å². The number of carbonyl (C=O) groups excluding carboxylic acids is 1. The molecule has 0 aliphatic carbocycles. The van der Waals surface area contributed by atoms with Crippen molar-refractivity contribution in [1.82, 2.24) is 4.90 Å². The quantitative estimate of drug-likeness (QED) is 0.807. The second-order valence-corrected chi connectivity index (χ2v) is 4.39. The molecule has 0 spiro atoms. The summed E-state index contributed by atoms with van der Waals surface area (Å²) in [5.41, 5.74) is 0. The smallest absolute Gasteiger partial charge is 0.326 e. The number of amides is 1. The summed E-state index contributed by atoms with van der Waals surface area (Å²) in [6.45, 7) is -0.200. The average molecular weight is 265 g/mol. The summed E-state index contributed by atoms with van der Waals surface area (Å²) < 4.78 is 5.28. The van der Waals surface area contributed by atoms with Gasteiger partial charge in [-0.15, -0.1) is 0 Å². The zero-order valence-corrected chi connectivity index (χ0v) is 10.2. The van der Waals surface area contributed by atoms with Crippen molar-refractivity contribution >= 4 is 11.9 Å². The van der Waals surface area contributed by atoms with Gasteiger partial charge in [-0.3, -0.25) is 4.79 Å². The lowest BCUT2D eigenvalue weighted by Gasteiger charge is -2.21. The number of nitrogens with zero attached hydrogens (tertiary/aromatic N) is 1. The molecule has 1 amide bonds. The second kappa shape index (κ2) is 5.71. The highest BCUT2D eigenvalue weighted by Crippen LogP contribution is 2.18. The molecule has 0 radical (unpaired) electrons. The Labute approximate surface area is 110 Å². The maximum atomic E-state index is 11.9. The summed E-state index contributed by atoms with van der Waals surface area (Å²) in [5, 5.41) is 18.4. The van der Waals surface area contributed by atoms with E-state index in [0.717, 1.165) is 4.90 Å². The number of hydrogen-bond acceptors (Lipinski definition) is 4. The van der Waals surface area contributed by atoms with Crippen molar-refractivity contribution in [3.8, 4) is 5.75 Å². The number of aliphatic hydroxyl groups excluding tert-OH is 1. The van der Waals surface area contributed by atoms with Crippen molar-refractivity contribution in [3.63, 3.8) is 0 Å². The molecule has 102 valence electrons. The van der Waals surface area contributed by atoms with Gasteiger partial charge in [-0.1, -0.05) is 18.2 Å². The molecule has 1 fully saturated rings. The van der Waals surface area contributed by atoms with E-state index >= 15 is 0 Å². The minimum atomic E-state index is -1.11. The summed E-state index contributed by atoms with van der Waals surface area (Å²) >= 11 is 0. The standard InChI is InChI=1S/C13H15NO5/c15-9-6-11(13(17)18)14(7-9)12(16)8-19-10-4-2-1-3-5-10/h1-5,9,11,15H,6-8H2,(H,17,18)/t9-,11+/m1/s1. The van der Waals surface area contributed by atoms with Crippen LogP contribution in [0.1, 0.15) is 6.42 Å². The van der Waals surface area contributed by atoms with E-state index in [9.17, 15) is 14.7 Å². The molecule has 6 heteroatoms. The van der Waals surface area contributed by atoms with E-state index in [2.05, 4.69) is 0 Å². The normalized spacial score (nSPS) is 22.3. The van der Waals surface area contributed by atoms with Crippen LogP contribution in [0.2, 0.25) is 0 Å². The number of aliphatic carboxylic acids is 1. The Hall–Kier alpha value is -2.08. The van der Waals surface area contributed by atoms with Crippen LogP contribution in [0, 0.1) is 0 Å². The van der Waals surface area contributed by atoms with E-state index < -0.39 is 24.0 Å². The summed E-state index contributed by atoms with van der Waals surface area (Å²) in [4.78, 5) is 24.0. The maximum absolute atomic E-state index is 11.9. The minimum Gasteiger partial charge on any atom is -0.484 e. The number of carbonyl (C=O) groups is 2. The molecule has 0 bridgehead atoms. The van der Waals surface area contributed by atoms with Crippen LogP contribution in [0.15, 0.2) is 30.3 Å². The van der Waals surface area contributed by atoms with Gasteiger partial charge in [-0.05, 0) is 12.1 Å². The summed E-state index contributed by atoms with van der Waals surface area (Å²) in [7, 11) is 0. The molecule has 2 atom stereocenters. The van der Waals surface area contributed by atoms with E-state index in [1.54, 1.807) is 24.3 Å². The molecule has 2 N–H and O–H groups in total. The Morgan fingerprint density at radius 2 is 2.00 bits per heavy atom. The van der Waals surface area contributed by atoms with Gasteiger partial charge in [0.05, 0.1) is 6.10 Å². The van der Waals surface area contributed by atoms with Crippen LogP contribution in [0.25, 0.3) is 0 Å². The average Bonchev–Trinajstić information content (AvgIpc) is 2.79. The Morgan fingerprint density at radius 3 is 2.63 bits per heavy atom. The second-order valence-electron chi connectivity index (χ2n) is 4.39. The Morgan fingerprint density at radius 1 is 1.32 bits per heavy atom. The number of ether oxygens (including phenoxy) is 1. The van der Waals surface area contributed by atoms with Crippen molar-refractivity contribution < 1.29 is 24.5 Å². The highest BCUT2D eigenvalue weighted by atomic mass is 16.5. The van der Waals surface area contributed by atoms with Gasteiger partial charge in [0.15, 0.2) is 6.61 Å². The first-order chi connectivity index (χ1) is 9.08. The summed E-state index contributed by atoms with van der Waals surface area (Å²) in [6, 6.07) is 7.83. The number of carboxylic acid groups (broad SMARTS) is 1. The molecular weight excluding hydrogens is 250 g/mol. The first-order valence-corrected chi connectivity index (χ1v) is 5.96. The van der Waals surface area contributed by atoms with E-state index in [4.69, 9.17) is 9.84 Å². The number of β-amino-alcohol motifs (C(OH)–C–C–N with tert-alkyl or cyclic N) is 1. The SMILES string of the molecule is O=C(O)[C@@H]1C[C@@H](O)CN1C(=O)COc1ccccc1. The van der Waals surface area contributed by atoms with Crippen molar-refractivity contribution in [1.29, 1.82) is 0 Å². The van der Waals surface area contributed by atoms with E-state index in [1.807, 2.05) is 6.07 Å². The topological polar surface area (TPSA) is 87.1 Å². The molecule has 0 saturated carbocycles. The molecule has 1 aromatic carbocycles. The third-order valence-electron chi connectivity index (χ3n) is 2.99. The highest BCUT2D eigenvalue weighted by Gasteiger charge is 2.38. The first-order valence-electron chi connectivity index (χ1n) is 5.96. The van der Waals surface area contributed by atoms with Crippen LogP contribution >= 0.6 is 0 Å². The van der Waals surface area contributed by atoms with Gasteiger partial charge in [-0.2, -0.15) is 0 Å². The lowest BCUT2D eigenvalue weighted by molar-refractivity contribution is -0.148. The third-order valence-corrected chi connectivity index (χ3v) is 2.99. The van der Waals surface area contributed by atoms with Gasteiger partial charge in [0.2, 0.25) is 0 Å². The molecule has 2 rings (SSSR count). The Kier molecular flexibility index (Phi) is 4.01. The Balaban J connectivity index is 1.94. The van der Waals surface area contributed by atoms with Gasteiger partial charge in [-0.25, -0.2) is 4.79 Å². The molecule has 6 nitrogen and oxygen atoms in total. The molecule has 1 aromatic rings. The van der Waals surface area contributed by atoms with Crippen molar-refractivity contribution in [3.05, 3.63) is 30.3 Å². The molecule has 1 saturated heterocycles. The fourth-order valence-electron chi connectivity index (χ4n) is 2.07. The fourth-order valence-corrected chi connectivity index (χ4v) is 2.07. The van der Waals surface area contributed by atoms with Gasteiger partial charge in [0, 0.05) is 13.0 Å². The highest BCUT2D eigenvalue weighted by molar-refractivity contribution is 5.85. The number of hydrogen-bond donors (Lipinski definition) is 2. The number of likely N-dealkylation sites (tertiary alicyclic amines) is 1. The molecule has 1 aliphatic rings. The van der Waals surface area contributed by atoms with E-state index in [1.165, 1.54) is 0 Å². The third kappa shape index (κ3) is 3.23. The summed E-state index contributed by atoms with van der Waals surface area (Å²) in [5.74, 6) is -1.00. The number of aliphatic hydroxyl groups is 1. The molecular formula is C13H15NO5. The number of rotatable bonds is 4. The molecule has 19 heavy (non-hydrogen) atoms. The number of para-hydroxylation sites is 1. The first kappa shape index (κ1) is 13.4. The van der Waals surface area contributed by atoms with Gasteiger partial charge in [0.25, 0.3) is 5.91 Å². The van der Waals surface area contributed by atoms with Crippen LogP contribution in [0.3, 0.4) is 0 Å². The minimum absolute atomic E-state index is 0.0357. The van der Waals surface area contributed by atoms with Crippen LogP contribution < -0.4 is 4.74 Å². The fraction of sp³-hybridized carbons (Fsp3) is 0.385. The largest absolute Gasteiger partial charge is 0.484 e. The van der Waals surface area contributed by atoms with Gasteiger partial charge in [0.1, 0.15) is 11.8 Å². The number of carboxylic acids is 1. The van der Waals surface area contributed by atoms with Gasteiger partial charge >= 0.3 is 5.97 Å². The van der Waals surface area contributed by atoms with Crippen LogP contribution in [0.4, 0.5) is 0 Å². The predicted molar refractivity (Wildman–Crippen MR) is 65.7 cm³/mol. The lowest BCUT2D eigenvalue weighted by Crippen LogP contribution is -2.42. The van der Waals surface area contributed by atoms with E-state index in [-0.39, 0.29) is 19.6 Å². The van der Waals surface area contributed by atoms with Crippen molar-refractivity contribution in [2.75, 3.05) is 13.2 Å². The van der Waals surface area contributed by atoms with Crippen molar-refractivity contribution in [2.24, 2.45) is 0 Å². The lowest BCUT2D eigenvalue weighted by atomic mass is 10.2. The molecule has 0 unspecified atom stereocenters. The summed E-state index contributed by atoms with van der Waals surface area (Å²) in [6.07, 6.45) is -0.728. The number of benzene rings is 1.